The van der Waals surface area contributed by atoms with Crippen LogP contribution in [0.2, 0.25) is 0 Å². The van der Waals surface area contributed by atoms with E-state index >= 15 is 0 Å². The summed E-state index contributed by atoms with van der Waals surface area (Å²) in [7, 11) is 0. The zero-order chi connectivity index (χ0) is 14.8. The minimum atomic E-state index is 0.119. The highest BCUT2D eigenvalue weighted by Crippen LogP contribution is 2.30. The Morgan fingerprint density at radius 1 is 1.14 bits per heavy atom. The molecule has 0 saturated carbocycles. The molecule has 0 saturated heterocycles. The van der Waals surface area contributed by atoms with Crippen LogP contribution in [0.4, 0.5) is 0 Å². The lowest BCUT2D eigenvalue weighted by atomic mass is 10.1. The lowest BCUT2D eigenvalue weighted by Crippen LogP contribution is -2.02. The molecule has 3 rings (SSSR count). The number of nitrogens with two attached hydrogens (primary N) is 1. The molecular weight excluding hydrogens is 278 g/mol. The monoisotopic (exact) mass is 295 g/mol. The van der Waals surface area contributed by atoms with Crippen LogP contribution in [0.5, 0.6) is 0 Å². The average Bonchev–Trinajstić information content (AvgIpc) is 2.79. The van der Waals surface area contributed by atoms with Crippen molar-refractivity contribution in [1.29, 1.82) is 5.41 Å². The van der Waals surface area contributed by atoms with Crippen molar-refractivity contribution in [3.8, 4) is 0 Å². The molecule has 1 aromatic heterocycles. The molecule has 0 fully saturated rings. The van der Waals surface area contributed by atoms with Gasteiger partial charge in [-0.2, -0.15) is 0 Å². The molecular formula is C17H17N3S. The first-order valence-corrected chi connectivity index (χ1v) is 7.61. The smallest absolute Gasteiger partial charge is 0.156 e. The molecule has 0 bridgehead atoms. The van der Waals surface area contributed by atoms with Gasteiger partial charge in [-0.25, -0.2) is 0 Å². The molecule has 0 radical (unpaired) electrons. The fourth-order valence-corrected chi connectivity index (χ4v) is 3.21. The molecule has 2 aromatic carbocycles. The van der Waals surface area contributed by atoms with Crippen molar-refractivity contribution < 1.29 is 0 Å². The maximum atomic E-state index is 7.50. The Labute approximate surface area is 128 Å². The summed E-state index contributed by atoms with van der Waals surface area (Å²) >= 11 is 1.30. The van der Waals surface area contributed by atoms with E-state index in [-0.39, 0.29) is 5.17 Å². The minimum absolute atomic E-state index is 0.119. The number of para-hydroxylation sites is 1. The van der Waals surface area contributed by atoms with E-state index < -0.39 is 0 Å². The molecule has 0 unspecified atom stereocenters. The summed E-state index contributed by atoms with van der Waals surface area (Å²) < 4.78 is 2.23. The summed E-state index contributed by atoms with van der Waals surface area (Å²) in [5, 5.41) is 8.77. The van der Waals surface area contributed by atoms with Gasteiger partial charge in [0.15, 0.2) is 5.17 Å². The lowest BCUT2D eigenvalue weighted by Gasteiger charge is -2.08. The minimum Gasteiger partial charge on any atom is -0.378 e. The summed E-state index contributed by atoms with van der Waals surface area (Å²) in [5.74, 6) is 0. The Morgan fingerprint density at radius 2 is 1.86 bits per heavy atom. The number of fused-ring (bicyclic) bond motifs is 1. The van der Waals surface area contributed by atoms with E-state index in [1.807, 2.05) is 12.1 Å². The molecule has 3 N–H and O–H groups in total. The van der Waals surface area contributed by atoms with Crippen LogP contribution in [0.3, 0.4) is 0 Å². The number of amidine groups is 1. The van der Waals surface area contributed by atoms with Gasteiger partial charge in [0.1, 0.15) is 0 Å². The fourth-order valence-electron chi connectivity index (χ4n) is 2.51. The highest BCUT2D eigenvalue weighted by molar-refractivity contribution is 8.13. The van der Waals surface area contributed by atoms with Gasteiger partial charge in [-0.15, -0.1) is 0 Å². The molecule has 0 atom stereocenters. The standard InChI is InChI=1S/C17H17N3S/c1-12-6-2-3-7-13(12)10-20-11-16(21-17(18)19)14-8-4-5-9-15(14)20/h2-9,11H,10H2,1H3,(H3,18,19). The molecule has 3 nitrogen and oxygen atoms in total. The Bertz CT molecular complexity index is 805. The molecule has 0 aliphatic carbocycles. The van der Waals surface area contributed by atoms with Gasteiger partial charge < -0.3 is 10.3 Å². The Kier molecular flexibility index (Phi) is 3.71. The highest BCUT2D eigenvalue weighted by Gasteiger charge is 2.10. The largest absolute Gasteiger partial charge is 0.378 e. The average molecular weight is 295 g/mol. The number of hydrogen-bond donors (Lipinski definition) is 2. The van der Waals surface area contributed by atoms with Crippen molar-refractivity contribution in [3.63, 3.8) is 0 Å². The van der Waals surface area contributed by atoms with Gasteiger partial charge >= 0.3 is 0 Å². The topological polar surface area (TPSA) is 54.8 Å². The Morgan fingerprint density at radius 3 is 2.62 bits per heavy atom. The Balaban J connectivity index is 2.06. The van der Waals surface area contributed by atoms with Gasteiger partial charge in [0, 0.05) is 28.5 Å². The number of rotatable bonds is 3. The molecule has 3 aromatic rings. The van der Waals surface area contributed by atoms with Crippen molar-refractivity contribution in [3.05, 3.63) is 65.9 Å². The predicted molar refractivity (Wildman–Crippen MR) is 90.0 cm³/mol. The highest BCUT2D eigenvalue weighted by atomic mass is 32.2. The number of benzene rings is 2. The summed E-state index contributed by atoms with van der Waals surface area (Å²) in [4.78, 5) is 1.03. The summed E-state index contributed by atoms with van der Waals surface area (Å²) in [6, 6.07) is 16.7. The molecule has 106 valence electrons. The summed E-state index contributed by atoms with van der Waals surface area (Å²) in [6.45, 7) is 2.96. The first-order valence-electron chi connectivity index (χ1n) is 6.79. The van der Waals surface area contributed by atoms with E-state index in [9.17, 15) is 0 Å². The van der Waals surface area contributed by atoms with Crippen molar-refractivity contribution in [1.82, 2.24) is 4.57 Å². The second kappa shape index (κ2) is 5.66. The van der Waals surface area contributed by atoms with E-state index in [1.165, 1.54) is 28.4 Å². The first-order chi connectivity index (χ1) is 10.1. The summed E-state index contributed by atoms with van der Waals surface area (Å²) in [6.07, 6.45) is 2.09. The third-order valence-electron chi connectivity index (χ3n) is 3.57. The maximum Gasteiger partial charge on any atom is 0.156 e. The number of nitrogens with one attached hydrogen (secondary N) is 1. The maximum absolute atomic E-state index is 7.50. The van der Waals surface area contributed by atoms with Crippen LogP contribution in [-0.4, -0.2) is 9.73 Å². The van der Waals surface area contributed by atoms with Crippen molar-refractivity contribution >= 4 is 27.8 Å². The molecule has 0 amide bonds. The Hall–Kier alpha value is -2.20. The predicted octanol–water partition coefficient (Wildman–Crippen LogP) is 3.98. The van der Waals surface area contributed by atoms with Crippen LogP contribution < -0.4 is 5.73 Å². The van der Waals surface area contributed by atoms with Gasteiger partial charge in [-0.1, -0.05) is 54.2 Å². The SMILES string of the molecule is Cc1ccccc1Cn1cc(SC(=N)N)c2ccccc21. The van der Waals surface area contributed by atoms with Gasteiger partial charge in [0.05, 0.1) is 0 Å². The van der Waals surface area contributed by atoms with Gasteiger partial charge in [0.25, 0.3) is 0 Å². The third kappa shape index (κ3) is 2.81. The number of thioether (sulfide) groups is 1. The van der Waals surface area contributed by atoms with Crippen LogP contribution in [0, 0.1) is 12.3 Å². The van der Waals surface area contributed by atoms with Crippen LogP contribution >= 0.6 is 11.8 Å². The van der Waals surface area contributed by atoms with Crippen LogP contribution in [0.15, 0.2) is 59.6 Å². The normalized spacial score (nSPS) is 10.9. The molecule has 0 aliphatic heterocycles. The fraction of sp³-hybridized carbons (Fsp3) is 0.118. The molecule has 21 heavy (non-hydrogen) atoms. The first kappa shape index (κ1) is 13.8. The van der Waals surface area contributed by atoms with Gasteiger partial charge in [0.2, 0.25) is 0 Å². The number of nitrogens with zero attached hydrogens (tertiary/aromatic N) is 1. The second-order valence-electron chi connectivity index (χ2n) is 5.03. The summed E-state index contributed by atoms with van der Waals surface area (Å²) in [5.41, 5.74) is 9.30. The third-order valence-corrected chi connectivity index (χ3v) is 4.34. The zero-order valence-corrected chi connectivity index (χ0v) is 12.7. The quantitative estimate of drug-likeness (QED) is 0.436. The van der Waals surface area contributed by atoms with E-state index in [2.05, 4.69) is 54.1 Å². The number of hydrogen-bond acceptors (Lipinski definition) is 2. The van der Waals surface area contributed by atoms with E-state index in [1.54, 1.807) is 0 Å². The molecule has 0 spiro atoms. The lowest BCUT2D eigenvalue weighted by molar-refractivity contribution is 0.824. The van der Waals surface area contributed by atoms with E-state index in [0.717, 1.165) is 16.8 Å². The van der Waals surface area contributed by atoms with Gasteiger partial charge in [-0.05, 0) is 24.1 Å². The zero-order valence-electron chi connectivity index (χ0n) is 11.8. The van der Waals surface area contributed by atoms with Crippen molar-refractivity contribution in [2.45, 2.75) is 18.4 Å². The molecule has 1 heterocycles. The van der Waals surface area contributed by atoms with Crippen LogP contribution in [0.25, 0.3) is 10.9 Å². The second-order valence-corrected chi connectivity index (χ2v) is 6.11. The van der Waals surface area contributed by atoms with E-state index in [4.69, 9.17) is 11.1 Å². The van der Waals surface area contributed by atoms with Crippen LogP contribution in [-0.2, 0) is 6.54 Å². The van der Waals surface area contributed by atoms with Gasteiger partial charge in [-0.3, -0.25) is 5.41 Å². The van der Waals surface area contributed by atoms with E-state index in [0.29, 0.717) is 0 Å². The van der Waals surface area contributed by atoms with Crippen molar-refractivity contribution in [2.24, 2.45) is 5.73 Å². The molecule has 0 aliphatic rings. The molecule has 4 heteroatoms. The number of aromatic nitrogens is 1. The van der Waals surface area contributed by atoms with Crippen molar-refractivity contribution in [2.75, 3.05) is 0 Å². The number of aryl methyl sites for hydroxylation is 1. The van der Waals surface area contributed by atoms with Crippen LogP contribution in [0.1, 0.15) is 11.1 Å².